The average molecular weight is 458 g/mol. The molecule has 1 aromatic carbocycles. The number of carbonyl (C=O) groups excluding carboxylic acids is 1. The molecule has 176 valence electrons. The summed E-state index contributed by atoms with van der Waals surface area (Å²) in [6.07, 6.45) is 2.75. The van der Waals surface area contributed by atoms with Gasteiger partial charge in [-0.15, -0.1) is 5.10 Å². The maximum atomic E-state index is 13.5. The number of carbonyl (C=O) groups is 1. The number of piperidine rings is 1. The van der Waals surface area contributed by atoms with Crippen LogP contribution in [0.25, 0.3) is 11.4 Å². The quantitative estimate of drug-likeness (QED) is 0.451. The van der Waals surface area contributed by atoms with Crippen LogP contribution >= 0.6 is 0 Å². The van der Waals surface area contributed by atoms with Crippen LogP contribution in [0.5, 0.6) is 0 Å². The zero-order chi connectivity index (χ0) is 23.2. The molecule has 4 rings (SSSR count). The molecule has 1 aliphatic rings. The van der Waals surface area contributed by atoms with Gasteiger partial charge in [0.15, 0.2) is 12.0 Å². The van der Waals surface area contributed by atoms with Gasteiger partial charge >= 0.3 is 0 Å². The maximum Gasteiger partial charge on any atom is 0.276 e. The van der Waals surface area contributed by atoms with Crippen molar-refractivity contribution in [2.75, 3.05) is 26.3 Å². The lowest BCUT2D eigenvalue weighted by Gasteiger charge is -2.30. The zero-order valence-electron chi connectivity index (χ0n) is 18.7. The van der Waals surface area contributed by atoms with E-state index < -0.39 is 6.29 Å². The number of rotatable bonds is 9. The van der Waals surface area contributed by atoms with Crippen molar-refractivity contribution >= 4 is 5.91 Å². The predicted octanol–water partition coefficient (Wildman–Crippen LogP) is 2.89. The molecule has 1 unspecified atom stereocenters. The van der Waals surface area contributed by atoms with Crippen molar-refractivity contribution in [2.45, 2.75) is 45.4 Å². The van der Waals surface area contributed by atoms with E-state index in [1.165, 1.54) is 12.1 Å². The second-order valence-electron chi connectivity index (χ2n) is 7.72. The van der Waals surface area contributed by atoms with Gasteiger partial charge in [0.1, 0.15) is 5.82 Å². The van der Waals surface area contributed by atoms with Crippen LogP contribution in [0.4, 0.5) is 4.39 Å². The van der Waals surface area contributed by atoms with Crippen LogP contribution in [-0.2, 0) is 16.0 Å². The van der Waals surface area contributed by atoms with Crippen molar-refractivity contribution in [3.05, 3.63) is 47.9 Å². The number of amides is 1. The summed E-state index contributed by atoms with van der Waals surface area (Å²) in [6.45, 7) is 6.17. The molecular formula is C22H27FN6O4. The Morgan fingerprint density at radius 2 is 2.12 bits per heavy atom. The summed E-state index contributed by atoms with van der Waals surface area (Å²) < 4.78 is 31.6. The van der Waals surface area contributed by atoms with Gasteiger partial charge < -0.3 is 18.9 Å². The van der Waals surface area contributed by atoms with Crippen LogP contribution in [0.3, 0.4) is 0 Å². The molecule has 0 saturated carbocycles. The van der Waals surface area contributed by atoms with E-state index in [2.05, 4.69) is 20.5 Å². The number of halogens is 1. The summed E-state index contributed by atoms with van der Waals surface area (Å²) in [5.74, 6) is 0.0870. The van der Waals surface area contributed by atoms with Gasteiger partial charge in [-0.25, -0.2) is 9.07 Å². The molecule has 0 spiro atoms. The second-order valence-corrected chi connectivity index (χ2v) is 7.72. The average Bonchev–Trinajstić information content (AvgIpc) is 3.49. The number of hydrogen-bond donors (Lipinski definition) is 0. The Bertz CT molecular complexity index is 1060. The topological polar surface area (TPSA) is 108 Å². The third-order valence-electron chi connectivity index (χ3n) is 5.38. The third-order valence-corrected chi connectivity index (χ3v) is 5.38. The summed E-state index contributed by atoms with van der Waals surface area (Å²) in [7, 11) is 0. The summed E-state index contributed by atoms with van der Waals surface area (Å²) in [5.41, 5.74) is 0.802. The van der Waals surface area contributed by atoms with Crippen LogP contribution in [0.2, 0.25) is 0 Å². The minimum Gasteiger partial charge on any atom is -0.351 e. The minimum absolute atomic E-state index is 0.104. The van der Waals surface area contributed by atoms with Crippen molar-refractivity contribution in [1.29, 1.82) is 0 Å². The fourth-order valence-electron chi connectivity index (χ4n) is 3.83. The molecule has 11 heteroatoms. The molecule has 0 N–H and O–H groups in total. The Hall–Kier alpha value is -3.18. The lowest BCUT2D eigenvalue weighted by molar-refractivity contribution is -0.145. The molecular weight excluding hydrogens is 431 g/mol. The molecule has 0 radical (unpaired) electrons. The summed E-state index contributed by atoms with van der Waals surface area (Å²) in [5, 5.41) is 12.1. The molecule has 10 nitrogen and oxygen atoms in total. The SMILES string of the molecule is CCOC(Cn1cc(C(=O)N2CCCC(c3nc(-c4cccc(F)c4)no3)C2)nn1)OCC. The van der Waals surface area contributed by atoms with Crippen LogP contribution in [0.1, 0.15) is 49.0 Å². The van der Waals surface area contributed by atoms with Crippen LogP contribution in [0, 0.1) is 5.82 Å². The van der Waals surface area contributed by atoms with E-state index in [1.54, 1.807) is 27.9 Å². The van der Waals surface area contributed by atoms with Gasteiger partial charge in [-0.1, -0.05) is 22.5 Å². The lowest BCUT2D eigenvalue weighted by atomic mass is 9.97. The highest BCUT2D eigenvalue weighted by Crippen LogP contribution is 2.28. The van der Waals surface area contributed by atoms with Crippen molar-refractivity contribution in [3.8, 4) is 11.4 Å². The van der Waals surface area contributed by atoms with E-state index in [0.29, 0.717) is 50.1 Å². The molecule has 0 bridgehead atoms. The van der Waals surface area contributed by atoms with E-state index in [-0.39, 0.29) is 23.3 Å². The maximum absolute atomic E-state index is 13.5. The standard InChI is InChI=1S/C22H27FN6O4/c1-3-31-19(32-4-2)14-29-13-18(25-27-29)22(30)28-10-6-8-16(12-28)21-24-20(26-33-21)15-7-5-9-17(23)11-15/h5,7,9,11,13,16,19H,3-4,6,8,10,12,14H2,1-2H3. The Kier molecular flexibility index (Phi) is 7.40. The van der Waals surface area contributed by atoms with Gasteiger partial charge in [0, 0.05) is 31.9 Å². The molecule has 33 heavy (non-hydrogen) atoms. The second kappa shape index (κ2) is 10.6. The van der Waals surface area contributed by atoms with E-state index in [4.69, 9.17) is 14.0 Å². The Morgan fingerprint density at radius 3 is 2.88 bits per heavy atom. The van der Waals surface area contributed by atoms with Crippen molar-refractivity contribution in [2.24, 2.45) is 0 Å². The van der Waals surface area contributed by atoms with Crippen molar-refractivity contribution in [1.82, 2.24) is 30.0 Å². The normalized spacial score (nSPS) is 16.5. The number of benzene rings is 1. The zero-order valence-corrected chi connectivity index (χ0v) is 18.7. The predicted molar refractivity (Wildman–Crippen MR) is 115 cm³/mol. The minimum atomic E-state index is -0.450. The Labute approximate surface area is 190 Å². The molecule has 3 heterocycles. The molecule has 3 aromatic rings. The largest absolute Gasteiger partial charge is 0.351 e. The number of ether oxygens (including phenoxy) is 2. The van der Waals surface area contributed by atoms with Crippen LogP contribution in [0.15, 0.2) is 35.0 Å². The smallest absolute Gasteiger partial charge is 0.276 e. The van der Waals surface area contributed by atoms with Crippen LogP contribution in [-0.4, -0.2) is 68.5 Å². The van der Waals surface area contributed by atoms with Crippen molar-refractivity contribution in [3.63, 3.8) is 0 Å². The summed E-state index contributed by atoms with van der Waals surface area (Å²) in [6, 6.07) is 6.04. The van der Waals surface area contributed by atoms with E-state index in [1.807, 2.05) is 13.8 Å². The van der Waals surface area contributed by atoms with Crippen LogP contribution < -0.4 is 0 Å². The highest BCUT2D eigenvalue weighted by atomic mass is 19.1. The lowest BCUT2D eigenvalue weighted by Crippen LogP contribution is -2.39. The molecule has 2 aromatic heterocycles. The van der Waals surface area contributed by atoms with Gasteiger partial charge in [-0.3, -0.25) is 4.79 Å². The Balaban J connectivity index is 1.41. The molecule has 1 atom stereocenters. The molecule has 1 amide bonds. The van der Waals surface area contributed by atoms with Gasteiger partial charge in [-0.2, -0.15) is 4.98 Å². The summed E-state index contributed by atoms with van der Waals surface area (Å²) >= 11 is 0. The number of likely N-dealkylation sites (tertiary alicyclic amines) is 1. The highest BCUT2D eigenvalue weighted by molar-refractivity contribution is 5.92. The fraction of sp³-hybridized carbons (Fsp3) is 0.500. The summed E-state index contributed by atoms with van der Waals surface area (Å²) in [4.78, 5) is 19.2. The molecule has 1 fully saturated rings. The van der Waals surface area contributed by atoms with Gasteiger partial charge in [0.25, 0.3) is 5.91 Å². The first-order chi connectivity index (χ1) is 16.1. The number of aromatic nitrogens is 5. The first kappa shape index (κ1) is 23.0. The van der Waals surface area contributed by atoms with Gasteiger partial charge in [0.2, 0.25) is 11.7 Å². The third kappa shape index (κ3) is 5.60. The monoisotopic (exact) mass is 458 g/mol. The molecule has 1 aliphatic heterocycles. The first-order valence-corrected chi connectivity index (χ1v) is 11.1. The van der Waals surface area contributed by atoms with E-state index >= 15 is 0 Å². The van der Waals surface area contributed by atoms with E-state index in [9.17, 15) is 9.18 Å². The van der Waals surface area contributed by atoms with E-state index in [0.717, 1.165) is 12.8 Å². The fourth-order valence-corrected chi connectivity index (χ4v) is 3.83. The first-order valence-electron chi connectivity index (χ1n) is 11.1. The van der Waals surface area contributed by atoms with Gasteiger partial charge in [-0.05, 0) is 38.8 Å². The molecule has 1 saturated heterocycles. The van der Waals surface area contributed by atoms with Crippen molar-refractivity contribution < 1.29 is 23.2 Å². The highest BCUT2D eigenvalue weighted by Gasteiger charge is 2.30. The molecule has 0 aliphatic carbocycles. The Morgan fingerprint density at radius 1 is 1.30 bits per heavy atom. The number of hydrogen-bond acceptors (Lipinski definition) is 8. The number of nitrogens with zero attached hydrogens (tertiary/aromatic N) is 6. The van der Waals surface area contributed by atoms with Gasteiger partial charge in [0.05, 0.1) is 18.7 Å².